The van der Waals surface area contributed by atoms with Gasteiger partial charge in [0.05, 0.1) is 0 Å². The molecular weight excluding hydrogens is 468 g/mol. The van der Waals surface area contributed by atoms with Crippen molar-refractivity contribution in [2.75, 3.05) is 0 Å². The summed E-state index contributed by atoms with van der Waals surface area (Å²) in [7, 11) is 0. The van der Waals surface area contributed by atoms with Gasteiger partial charge in [-0.1, -0.05) is 132 Å². The van der Waals surface area contributed by atoms with Crippen molar-refractivity contribution < 1.29 is 0 Å². The second-order valence-electron chi connectivity index (χ2n) is 16.1. The minimum atomic E-state index is 0.0801. The van der Waals surface area contributed by atoms with Gasteiger partial charge in [0.2, 0.25) is 0 Å². The maximum absolute atomic E-state index is 2.47. The average Bonchev–Trinajstić information content (AvgIpc) is 2.78. The molecule has 0 radical (unpaired) electrons. The zero-order valence-electron chi connectivity index (χ0n) is 27.3. The van der Waals surface area contributed by atoms with Gasteiger partial charge in [-0.2, -0.15) is 0 Å². The quantitative estimate of drug-likeness (QED) is 0.246. The highest BCUT2D eigenvalue weighted by Gasteiger charge is 2.25. The number of benzene rings is 4. The molecule has 0 spiro atoms. The van der Waals surface area contributed by atoms with Gasteiger partial charge in [0.15, 0.2) is 0 Å². The van der Waals surface area contributed by atoms with Crippen LogP contribution in [0.2, 0.25) is 0 Å². The molecule has 0 heterocycles. The van der Waals surface area contributed by atoms with Crippen molar-refractivity contribution in [2.45, 2.75) is 125 Å². The Hall–Kier alpha value is -2.60. The first-order valence-corrected chi connectivity index (χ1v) is 14.8. The molecule has 0 saturated carbocycles. The molecule has 0 aliphatic rings. The smallest absolute Gasteiger partial charge is 0.000799 e. The van der Waals surface area contributed by atoms with E-state index in [1.807, 2.05) is 0 Å². The van der Waals surface area contributed by atoms with Crippen molar-refractivity contribution in [3.05, 3.63) is 93.0 Å². The van der Waals surface area contributed by atoms with Crippen LogP contribution in [0.3, 0.4) is 0 Å². The number of hydrogen-bond acceptors (Lipinski definition) is 0. The molecule has 0 unspecified atom stereocenters. The number of hydrogen-bond donors (Lipinski definition) is 0. The van der Waals surface area contributed by atoms with Gasteiger partial charge in [0.25, 0.3) is 0 Å². The zero-order valence-corrected chi connectivity index (χ0v) is 27.3. The van der Waals surface area contributed by atoms with Crippen molar-refractivity contribution in [1.82, 2.24) is 0 Å². The van der Waals surface area contributed by atoms with Crippen LogP contribution >= 0.6 is 0 Å². The van der Waals surface area contributed by atoms with Gasteiger partial charge in [-0.05, 0) is 108 Å². The summed E-state index contributed by atoms with van der Waals surface area (Å²) in [5, 5.41) is 5.54. The predicted octanol–water partition coefficient (Wildman–Crippen LogP) is 11.4. The first-order valence-electron chi connectivity index (χ1n) is 14.8. The van der Waals surface area contributed by atoms with E-state index in [0.29, 0.717) is 0 Å². The van der Waals surface area contributed by atoms with Crippen LogP contribution in [0.25, 0.3) is 21.5 Å². The monoisotopic (exact) mass is 520 g/mol. The van der Waals surface area contributed by atoms with Gasteiger partial charge in [0, 0.05) is 0 Å². The first kappa shape index (κ1) is 29.4. The van der Waals surface area contributed by atoms with E-state index < -0.39 is 0 Å². The third kappa shape index (κ3) is 5.68. The lowest BCUT2D eigenvalue weighted by Gasteiger charge is -2.29. The maximum atomic E-state index is 2.47. The summed E-state index contributed by atoms with van der Waals surface area (Å²) < 4.78 is 0. The third-order valence-corrected chi connectivity index (χ3v) is 8.77. The highest BCUT2D eigenvalue weighted by molar-refractivity contribution is 5.92. The summed E-state index contributed by atoms with van der Waals surface area (Å²) in [6.45, 7) is 32.7. The molecule has 39 heavy (non-hydrogen) atoms. The summed E-state index contributed by atoms with van der Waals surface area (Å²) in [4.78, 5) is 0. The van der Waals surface area contributed by atoms with E-state index in [1.165, 1.54) is 66.1 Å². The van der Waals surface area contributed by atoms with Crippen molar-refractivity contribution in [3.63, 3.8) is 0 Å². The molecule has 4 rings (SSSR count). The second kappa shape index (κ2) is 9.50. The Bertz CT molecular complexity index is 1430. The van der Waals surface area contributed by atoms with E-state index in [2.05, 4.69) is 145 Å². The molecule has 0 saturated heterocycles. The normalized spacial score (nSPS) is 13.5. The minimum Gasteiger partial charge on any atom is -0.0579 e. The molecule has 0 aliphatic carbocycles. The van der Waals surface area contributed by atoms with Crippen molar-refractivity contribution in [2.24, 2.45) is 0 Å². The van der Waals surface area contributed by atoms with Crippen LogP contribution in [-0.2, 0) is 28.1 Å². The molecule has 0 bridgehead atoms. The molecule has 0 heteroatoms. The Morgan fingerprint density at radius 2 is 0.769 bits per heavy atom. The second-order valence-corrected chi connectivity index (χ2v) is 16.1. The fourth-order valence-corrected chi connectivity index (χ4v) is 6.29. The topological polar surface area (TPSA) is 0 Å². The summed E-state index contributed by atoms with van der Waals surface area (Å²) >= 11 is 0. The lowest BCUT2D eigenvalue weighted by molar-refractivity contribution is 0.585. The van der Waals surface area contributed by atoms with Gasteiger partial charge in [0.1, 0.15) is 0 Å². The molecule has 0 aliphatic heterocycles. The third-order valence-electron chi connectivity index (χ3n) is 8.77. The van der Waals surface area contributed by atoms with E-state index in [4.69, 9.17) is 0 Å². The van der Waals surface area contributed by atoms with Crippen LogP contribution in [0.15, 0.2) is 48.5 Å². The first-order chi connectivity index (χ1) is 17.7. The Morgan fingerprint density at radius 1 is 0.436 bits per heavy atom. The highest BCUT2D eigenvalue weighted by Crippen LogP contribution is 2.40. The summed E-state index contributed by atoms with van der Waals surface area (Å²) in [6.07, 6.45) is 0.947. The van der Waals surface area contributed by atoms with E-state index in [1.54, 1.807) is 0 Å². The van der Waals surface area contributed by atoms with E-state index >= 15 is 0 Å². The molecule has 0 atom stereocenters. The van der Waals surface area contributed by atoms with Crippen LogP contribution in [0.1, 0.15) is 128 Å². The zero-order chi connectivity index (χ0) is 29.3. The Balaban J connectivity index is 2.07. The fraction of sp³-hybridized carbons (Fsp3) is 0.487. The maximum Gasteiger partial charge on any atom is -0.000799 e. The van der Waals surface area contributed by atoms with Crippen LogP contribution in [0.4, 0.5) is 0 Å². The fourth-order valence-electron chi connectivity index (χ4n) is 6.29. The average molecular weight is 521 g/mol. The molecule has 0 nitrogen and oxygen atoms in total. The lowest BCUT2D eigenvalue weighted by Crippen LogP contribution is -2.17. The SMILES string of the molecule is Cc1c(C(C)(C)C)cc2cc(C(C)(C)C)ccc2c1Cc1c(C)c(C(C)(C)C)cc2cc(C(C)(C)C)ccc12. The molecule has 0 fully saturated rings. The van der Waals surface area contributed by atoms with Crippen LogP contribution in [0, 0.1) is 13.8 Å². The molecule has 4 aromatic rings. The number of rotatable bonds is 2. The largest absolute Gasteiger partial charge is 0.0579 e. The summed E-state index contributed by atoms with van der Waals surface area (Å²) in [5.41, 5.74) is 12.0. The van der Waals surface area contributed by atoms with Gasteiger partial charge in [-0.3, -0.25) is 0 Å². The van der Waals surface area contributed by atoms with Gasteiger partial charge < -0.3 is 0 Å². The Morgan fingerprint density at radius 3 is 1.05 bits per heavy atom. The van der Waals surface area contributed by atoms with E-state index in [0.717, 1.165) is 6.42 Å². The van der Waals surface area contributed by atoms with E-state index in [9.17, 15) is 0 Å². The van der Waals surface area contributed by atoms with Crippen LogP contribution < -0.4 is 0 Å². The lowest BCUT2D eigenvalue weighted by atomic mass is 9.76. The number of fused-ring (bicyclic) bond motifs is 2. The molecular formula is C39H52. The van der Waals surface area contributed by atoms with Gasteiger partial charge in [-0.25, -0.2) is 0 Å². The standard InChI is InChI=1S/C39H52/c1-24-32(30-17-15-28(36(3,4)5)19-26(30)21-34(24)38(9,10)11)23-33-25(2)35(39(12,13)14)22-27-20-29(37(6,7)8)16-18-31(27)33/h15-22H,23H2,1-14H3. The predicted molar refractivity (Wildman–Crippen MR) is 175 cm³/mol. The molecule has 208 valence electrons. The Kier molecular flexibility index (Phi) is 7.16. The molecule has 0 aromatic heterocycles. The van der Waals surface area contributed by atoms with Gasteiger partial charge >= 0.3 is 0 Å². The van der Waals surface area contributed by atoms with Crippen molar-refractivity contribution in [3.8, 4) is 0 Å². The minimum absolute atomic E-state index is 0.0801. The van der Waals surface area contributed by atoms with Crippen LogP contribution in [-0.4, -0.2) is 0 Å². The van der Waals surface area contributed by atoms with Crippen molar-refractivity contribution in [1.29, 1.82) is 0 Å². The van der Waals surface area contributed by atoms with Crippen LogP contribution in [0.5, 0.6) is 0 Å². The Labute approximate surface area is 239 Å². The molecule has 0 N–H and O–H groups in total. The molecule has 4 aromatic carbocycles. The van der Waals surface area contributed by atoms with Gasteiger partial charge in [-0.15, -0.1) is 0 Å². The van der Waals surface area contributed by atoms with Crippen molar-refractivity contribution >= 4 is 21.5 Å². The van der Waals surface area contributed by atoms with E-state index in [-0.39, 0.29) is 21.7 Å². The molecule has 0 amide bonds. The summed E-state index contributed by atoms with van der Waals surface area (Å²) in [5.74, 6) is 0. The highest BCUT2D eigenvalue weighted by atomic mass is 14.3. The summed E-state index contributed by atoms with van der Waals surface area (Å²) in [6, 6.07) is 19.3.